The van der Waals surface area contributed by atoms with Crippen molar-refractivity contribution in [2.24, 2.45) is 0 Å². The topological polar surface area (TPSA) is 17.1 Å². The summed E-state index contributed by atoms with van der Waals surface area (Å²) in [4.78, 5) is 11.9. The normalized spacial score (nSPS) is 10.7. The molecule has 2 aromatic rings. The minimum Gasteiger partial charge on any atom is -0.306 e. The van der Waals surface area contributed by atoms with Crippen molar-refractivity contribution in [2.75, 3.05) is 0 Å². The van der Waals surface area contributed by atoms with Gasteiger partial charge < -0.3 is 4.79 Å². The van der Waals surface area contributed by atoms with Crippen molar-refractivity contribution in [3.8, 4) is 0 Å². The smallest absolute Gasteiger partial charge is 0.214 e. The monoisotopic (exact) mass is 210 g/mol. The average molecular weight is 210 g/mol. The van der Waals surface area contributed by atoms with Gasteiger partial charge in [0.15, 0.2) is 0 Å². The van der Waals surface area contributed by atoms with Crippen molar-refractivity contribution >= 4 is 23.7 Å². The van der Waals surface area contributed by atoms with E-state index in [9.17, 15) is 4.79 Å². The van der Waals surface area contributed by atoms with Gasteiger partial charge in [-0.25, -0.2) is 0 Å². The van der Waals surface area contributed by atoms with Crippen LogP contribution in [0.25, 0.3) is 10.8 Å². The second-order valence-electron chi connectivity index (χ2n) is 4.58. The average Bonchev–Trinajstić information content (AvgIpc) is 2.27. The fraction of sp³-hybridized carbons (Fsp3) is 0.214. The molecule has 80 valence electrons. The van der Waals surface area contributed by atoms with E-state index in [4.69, 9.17) is 0 Å². The van der Waals surface area contributed by atoms with Crippen LogP contribution < -0.4 is 0 Å². The molecule has 0 atom stereocenters. The van der Waals surface area contributed by atoms with Gasteiger partial charge in [0.2, 0.25) is 7.28 Å². The van der Waals surface area contributed by atoms with Crippen LogP contribution >= 0.6 is 0 Å². The minimum atomic E-state index is 0.237. The fourth-order valence-electron chi connectivity index (χ4n) is 1.85. The zero-order valence-electron chi connectivity index (χ0n) is 9.73. The first kappa shape index (κ1) is 10.9. The van der Waals surface area contributed by atoms with E-state index in [0.717, 1.165) is 10.9 Å². The van der Waals surface area contributed by atoms with Crippen LogP contribution in [0, 0.1) is 0 Å². The molecule has 0 aliphatic heterocycles. The Morgan fingerprint density at radius 3 is 2.44 bits per heavy atom. The first-order valence-corrected chi connectivity index (χ1v) is 5.69. The summed E-state index contributed by atoms with van der Waals surface area (Å²) in [6, 6.07) is 14.0. The van der Waals surface area contributed by atoms with E-state index in [2.05, 4.69) is 19.9 Å². The van der Waals surface area contributed by atoms with Crippen molar-refractivity contribution in [1.82, 2.24) is 0 Å². The molecule has 0 aliphatic carbocycles. The molecule has 0 amide bonds. The van der Waals surface area contributed by atoms with Crippen LogP contribution in [0.4, 0.5) is 0 Å². The molecule has 0 heterocycles. The summed E-state index contributed by atoms with van der Waals surface area (Å²) in [5, 5.41) is 2.32. The SMILES string of the molecule is CC(C)BC(=O)c1ccc2ccccc2c1. The standard InChI is InChI=1S/C14H15BO/c1-10(2)15-14(16)13-8-7-11-5-3-4-6-12(11)9-13/h3-10,15H,1-2H3. The number of benzene rings is 2. The highest BCUT2D eigenvalue weighted by Crippen LogP contribution is 2.16. The maximum atomic E-state index is 11.9. The molecule has 0 aliphatic rings. The summed E-state index contributed by atoms with van der Waals surface area (Å²) in [5.74, 6) is 0.416. The van der Waals surface area contributed by atoms with E-state index in [1.54, 1.807) is 0 Å². The Morgan fingerprint density at radius 1 is 1.06 bits per heavy atom. The molecule has 0 spiro atoms. The molecule has 0 bridgehead atoms. The van der Waals surface area contributed by atoms with Crippen molar-refractivity contribution in [3.05, 3.63) is 48.0 Å². The van der Waals surface area contributed by atoms with Gasteiger partial charge in [-0.2, -0.15) is 0 Å². The Labute approximate surface area is 96.7 Å². The van der Waals surface area contributed by atoms with Gasteiger partial charge in [0, 0.05) is 5.56 Å². The van der Waals surface area contributed by atoms with Crippen molar-refractivity contribution < 1.29 is 4.79 Å². The first-order chi connectivity index (χ1) is 7.66. The van der Waals surface area contributed by atoms with Crippen LogP contribution in [0.2, 0.25) is 5.82 Å². The van der Waals surface area contributed by atoms with E-state index < -0.39 is 0 Å². The Kier molecular flexibility index (Phi) is 3.09. The predicted molar refractivity (Wildman–Crippen MR) is 70.5 cm³/mol. The van der Waals surface area contributed by atoms with Crippen LogP contribution in [0.15, 0.2) is 42.5 Å². The predicted octanol–water partition coefficient (Wildman–Crippen LogP) is 3.24. The minimum absolute atomic E-state index is 0.237. The highest BCUT2D eigenvalue weighted by atomic mass is 16.1. The van der Waals surface area contributed by atoms with Gasteiger partial charge in [-0.05, 0) is 16.8 Å². The number of rotatable bonds is 3. The van der Waals surface area contributed by atoms with Crippen LogP contribution in [-0.2, 0) is 0 Å². The number of carbonyl (C=O) groups excluding carboxylic acids is 1. The van der Waals surface area contributed by atoms with Gasteiger partial charge in [0.05, 0.1) is 0 Å². The largest absolute Gasteiger partial charge is 0.306 e. The highest BCUT2D eigenvalue weighted by Gasteiger charge is 2.10. The molecule has 1 nitrogen and oxygen atoms in total. The van der Waals surface area contributed by atoms with E-state index >= 15 is 0 Å². The van der Waals surface area contributed by atoms with Crippen LogP contribution in [0.3, 0.4) is 0 Å². The fourth-order valence-corrected chi connectivity index (χ4v) is 1.85. The quantitative estimate of drug-likeness (QED) is 0.710. The molecule has 0 fully saturated rings. The summed E-state index contributed by atoms with van der Waals surface area (Å²) >= 11 is 0. The van der Waals surface area contributed by atoms with E-state index in [1.807, 2.05) is 36.4 Å². The van der Waals surface area contributed by atoms with Crippen molar-refractivity contribution in [2.45, 2.75) is 19.7 Å². The van der Waals surface area contributed by atoms with Crippen LogP contribution in [-0.4, -0.2) is 13.0 Å². The first-order valence-electron chi connectivity index (χ1n) is 5.69. The molecule has 2 heteroatoms. The van der Waals surface area contributed by atoms with Gasteiger partial charge in [0.1, 0.15) is 5.68 Å². The summed E-state index contributed by atoms with van der Waals surface area (Å²) in [7, 11) is 0.623. The number of fused-ring (bicyclic) bond motifs is 1. The summed E-state index contributed by atoms with van der Waals surface area (Å²) in [6.07, 6.45) is 0. The molecule has 0 radical (unpaired) electrons. The van der Waals surface area contributed by atoms with Gasteiger partial charge in [-0.1, -0.05) is 56.1 Å². The molecule has 2 aromatic carbocycles. The molecule has 0 unspecified atom stereocenters. The lowest BCUT2D eigenvalue weighted by atomic mass is 9.61. The molecule has 16 heavy (non-hydrogen) atoms. The van der Waals surface area contributed by atoms with Gasteiger partial charge in [-0.3, -0.25) is 0 Å². The summed E-state index contributed by atoms with van der Waals surface area (Å²) < 4.78 is 0. The third kappa shape index (κ3) is 2.33. The molecular weight excluding hydrogens is 195 g/mol. The lowest BCUT2D eigenvalue weighted by Gasteiger charge is -2.04. The Bertz CT molecular complexity index is 517. The molecule has 2 rings (SSSR count). The summed E-state index contributed by atoms with van der Waals surface area (Å²) in [5.41, 5.74) is 1.06. The molecule has 0 aromatic heterocycles. The Balaban J connectivity index is 2.35. The maximum absolute atomic E-state index is 11.9. The maximum Gasteiger partial charge on any atom is 0.214 e. The van der Waals surface area contributed by atoms with Gasteiger partial charge in [-0.15, -0.1) is 0 Å². The van der Waals surface area contributed by atoms with Crippen LogP contribution in [0.1, 0.15) is 24.2 Å². The second kappa shape index (κ2) is 4.52. The summed E-state index contributed by atoms with van der Waals surface area (Å²) in [6.45, 7) is 4.14. The van der Waals surface area contributed by atoms with E-state index in [-0.39, 0.29) is 5.68 Å². The Morgan fingerprint density at radius 2 is 1.75 bits per heavy atom. The zero-order valence-corrected chi connectivity index (χ0v) is 9.73. The van der Waals surface area contributed by atoms with E-state index in [0.29, 0.717) is 13.1 Å². The number of hydrogen-bond donors (Lipinski definition) is 0. The van der Waals surface area contributed by atoms with E-state index in [1.165, 1.54) is 5.39 Å². The third-order valence-electron chi connectivity index (χ3n) is 2.67. The molecule has 0 saturated heterocycles. The third-order valence-corrected chi connectivity index (χ3v) is 2.67. The zero-order chi connectivity index (χ0) is 11.5. The van der Waals surface area contributed by atoms with Gasteiger partial charge in [0.25, 0.3) is 0 Å². The van der Waals surface area contributed by atoms with Crippen LogP contribution in [0.5, 0.6) is 0 Å². The van der Waals surface area contributed by atoms with Crippen molar-refractivity contribution in [1.29, 1.82) is 0 Å². The highest BCUT2D eigenvalue weighted by molar-refractivity contribution is 6.78. The lowest BCUT2D eigenvalue weighted by molar-refractivity contribution is 0.107. The molecular formula is C14H15BO. The molecule has 0 saturated carbocycles. The lowest BCUT2D eigenvalue weighted by Crippen LogP contribution is -2.12. The van der Waals surface area contributed by atoms with Crippen molar-refractivity contribution in [3.63, 3.8) is 0 Å². The number of hydrogen-bond acceptors (Lipinski definition) is 1. The Hall–Kier alpha value is -1.57. The molecule has 0 N–H and O–H groups in total. The number of carbonyl (C=O) groups is 1. The second-order valence-corrected chi connectivity index (χ2v) is 4.58. The van der Waals surface area contributed by atoms with Gasteiger partial charge >= 0.3 is 0 Å².